The first-order chi connectivity index (χ1) is 12.2. The maximum atomic E-state index is 5.40. The van der Waals surface area contributed by atoms with Gasteiger partial charge in [-0.05, 0) is 43.3 Å². The third-order valence-corrected chi connectivity index (χ3v) is 4.13. The van der Waals surface area contributed by atoms with Crippen molar-refractivity contribution in [3.63, 3.8) is 0 Å². The van der Waals surface area contributed by atoms with Gasteiger partial charge in [-0.15, -0.1) is 0 Å². The van der Waals surface area contributed by atoms with Gasteiger partial charge in [0, 0.05) is 28.0 Å². The van der Waals surface area contributed by atoms with Crippen LogP contribution in [0, 0.1) is 6.92 Å². The highest BCUT2D eigenvalue weighted by Crippen LogP contribution is 2.35. The summed E-state index contributed by atoms with van der Waals surface area (Å²) in [4.78, 5) is 8.87. The number of aromatic nitrogens is 2. The Bertz CT molecular complexity index is 915. The summed E-state index contributed by atoms with van der Waals surface area (Å²) in [6.45, 7) is 2.12. The van der Waals surface area contributed by atoms with Crippen LogP contribution in [-0.2, 0) is 0 Å². The molecule has 0 saturated carbocycles. The SMILES string of the molecule is Cc1nc(Nc2ccc(Br)cc2)cc(Nc2ccc3c(c2)OCO3)n1. The van der Waals surface area contributed by atoms with E-state index in [0.717, 1.165) is 33.2 Å². The summed E-state index contributed by atoms with van der Waals surface area (Å²) < 4.78 is 11.8. The number of anilines is 4. The summed E-state index contributed by atoms with van der Waals surface area (Å²) in [5, 5.41) is 6.56. The summed E-state index contributed by atoms with van der Waals surface area (Å²) >= 11 is 3.43. The van der Waals surface area contributed by atoms with E-state index < -0.39 is 0 Å². The second kappa shape index (κ2) is 6.60. The van der Waals surface area contributed by atoms with E-state index in [1.54, 1.807) is 0 Å². The number of ether oxygens (including phenoxy) is 2. The molecule has 2 N–H and O–H groups in total. The highest BCUT2D eigenvalue weighted by Gasteiger charge is 2.13. The van der Waals surface area contributed by atoms with Crippen molar-refractivity contribution in [2.24, 2.45) is 0 Å². The van der Waals surface area contributed by atoms with Crippen molar-refractivity contribution in [3.05, 3.63) is 58.8 Å². The first-order valence-corrected chi connectivity index (χ1v) is 8.50. The Balaban J connectivity index is 1.56. The quantitative estimate of drug-likeness (QED) is 0.659. The minimum absolute atomic E-state index is 0.257. The van der Waals surface area contributed by atoms with E-state index in [9.17, 15) is 0 Å². The first-order valence-electron chi connectivity index (χ1n) is 7.71. The van der Waals surface area contributed by atoms with Gasteiger partial charge in [0.2, 0.25) is 6.79 Å². The smallest absolute Gasteiger partial charge is 0.231 e. The first kappa shape index (κ1) is 15.7. The van der Waals surface area contributed by atoms with Crippen LogP contribution in [0.5, 0.6) is 11.5 Å². The molecule has 2 aromatic carbocycles. The molecular formula is C18H15BrN4O2. The van der Waals surface area contributed by atoms with Crippen molar-refractivity contribution < 1.29 is 9.47 Å². The molecule has 2 heterocycles. The lowest BCUT2D eigenvalue weighted by molar-refractivity contribution is 0.174. The maximum absolute atomic E-state index is 5.40. The van der Waals surface area contributed by atoms with E-state index in [0.29, 0.717) is 11.6 Å². The Kier molecular flexibility index (Phi) is 4.15. The Morgan fingerprint density at radius 2 is 1.48 bits per heavy atom. The summed E-state index contributed by atoms with van der Waals surface area (Å²) in [6.07, 6.45) is 0. The van der Waals surface area contributed by atoms with Crippen molar-refractivity contribution in [2.45, 2.75) is 6.92 Å². The van der Waals surface area contributed by atoms with Crippen LogP contribution in [0.15, 0.2) is 53.0 Å². The molecule has 0 amide bonds. The number of fused-ring (bicyclic) bond motifs is 1. The molecule has 0 aliphatic carbocycles. The van der Waals surface area contributed by atoms with Crippen LogP contribution in [0.3, 0.4) is 0 Å². The van der Waals surface area contributed by atoms with Crippen LogP contribution in [0.4, 0.5) is 23.0 Å². The van der Waals surface area contributed by atoms with E-state index in [1.807, 2.05) is 55.5 Å². The second-order valence-electron chi connectivity index (χ2n) is 5.51. The number of aryl methyl sites for hydroxylation is 1. The van der Waals surface area contributed by atoms with E-state index in [4.69, 9.17) is 9.47 Å². The van der Waals surface area contributed by atoms with E-state index >= 15 is 0 Å². The average Bonchev–Trinajstić information content (AvgIpc) is 3.04. The molecule has 1 aromatic heterocycles. The molecule has 1 aliphatic heterocycles. The fourth-order valence-electron chi connectivity index (χ4n) is 2.50. The third kappa shape index (κ3) is 3.66. The van der Waals surface area contributed by atoms with Gasteiger partial charge in [-0.3, -0.25) is 0 Å². The van der Waals surface area contributed by atoms with Gasteiger partial charge in [-0.2, -0.15) is 0 Å². The van der Waals surface area contributed by atoms with Crippen molar-refractivity contribution in [1.82, 2.24) is 9.97 Å². The van der Waals surface area contributed by atoms with Gasteiger partial charge in [0.05, 0.1) is 0 Å². The van der Waals surface area contributed by atoms with Crippen molar-refractivity contribution in [1.29, 1.82) is 0 Å². The average molecular weight is 399 g/mol. The highest BCUT2D eigenvalue weighted by molar-refractivity contribution is 9.10. The van der Waals surface area contributed by atoms with Gasteiger partial charge in [0.15, 0.2) is 11.5 Å². The van der Waals surface area contributed by atoms with Gasteiger partial charge in [-0.25, -0.2) is 9.97 Å². The lowest BCUT2D eigenvalue weighted by Crippen LogP contribution is -2.01. The van der Waals surface area contributed by atoms with Crippen LogP contribution >= 0.6 is 15.9 Å². The number of rotatable bonds is 4. The number of benzene rings is 2. The summed E-state index contributed by atoms with van der Waals surface area (Å²) in [5.74, 6) is 3.57. The fourth-order valence-corrected chi connectivity index (χ4v) is 2.76. The Hall–Kier alpha value is -2.80. The monoisotopic (exact) mass is 398 g/mol. The fraction of sp³-hybridized carbons (Fsp3) is 0.111. The third-order valence-electron chi connectivity index (χ3n) is 3.60. The molecule has 126 valence electrons. The normalized spacial score (nSPS) is 12.1. The second-order valence-corrected chi connectivity index (χ2v) is 6.43. The molecule has 0 saturated heterocycles. The highest BCUT2D eigenvalue weighted by atomic mass is 79.9. The van der Waals surface area contributed by atoms with Crippen molar-refractivity contribution >= 4 is 38.9 Å². The zero-order valence-electron chi connectivity index (χ0n) is 13.4. The standard InChI is InChI=1S/C18H15BrN4O2/c1-11-20-17(22-13-4-2-12(19)3-5-13)9-18(21-11)23-14-6-7-15-16(8-14)25-10-24-15/h2-9H,10H2,1H3,(H2,20,21,22,23). The molecule has 0 spiro atoms. The zero-order chi connectivity index (χ0) is 17.2. The predicted octanol–water partition coefficient (Wildman–Crippen LogP) is 4.76. The molecule has 0 fully saturated rings. The molecule has 0 radical (unpaired) electrons. The largest absolute Gasteiger partial charge is 0.454 e. The van der Waals surface area contributed by atoms with Crippen LogP contribution in [-0.4, -0.2) is 16.8 Å². The zero-order valence-corrected chi connectivity index (χ0v) is 15.0. The topological polar surface area (TPSA) is 68.3 Å². The van der Waals surface area contributed by atoms with Crippen LogP contribution in [0.2, 0.25) is 0 Å². The minimum atomic E-state index is 0.257. The summed E-state index contributed by atoms with van der Waals surface area (Å²) in [5.41, 5.74) is 1.83. The maximum Gasteiger partial charge on any atom is 0.231 e. The van der Waals surface area contributed by atoms with E-state index in [2.05, 4.69) is 36.5 Å². The van der Waals surface area contributed by atoms with Gasteiger partial charge >= 0.3 is 0 Å². The Morgan fingerprint density at radius 3 is 2.24 bits per heavy atom. The number of halogens is 1. The molecule has 4 rings (SSSR count). The van der Waals surface area contributed by atoms with Crippen molar-refractivity contribution in [2.75, 3.05) is 17.4 Å². The van der Waals surface area contributed by atoms with Gasteiger partial charge in [0.1, 0.15) is 17.5 Å². The molecule has 0 unspecified atom stereocenters. The van der Waals surface area contributed by atoms with Crippen LogP contribution in [0.25, 0.3) is 0 Å². The summed E-state index contributed by atoms with van der Waals surface area (Å²) in [7, 11) is 0. The molecule has 7 heteroatoms. The molecule has 0 bridgehead atoms. The Morgan fingerprint density at radius 1 is 0.840 bits per heavy atom. The van der Waals surface area contributed by atoms with Gasteiger partial charge < -0.3 is 20.1 Å². The van der Waals surface area contributed by atoms with E-state index in [1.165, 1.54) is 0 Å². The lowest BCUT2D eigenvalue weighted by atomic mass is 10.2. The number of nitrogens with one attached hydrogen (secondary N) is 2. The van der Waals surface area contributed by atoms with E-state index in [-0.39, 0.29) is 6.79 Å². The van der Waals surface area contributed by atoms with Crippen molar-refractivity contribution in [3.8, 4) is 11.5 Å². The number of hydrogen-bond acceptors (Lipinski definition) is 6. The molecule has 6 nitrogen and oxygen atoms in total. The minimum Gasteiger partial charge on any atom is -0.454 e. The molecule has 0 atom stereocenters. The summed E-state index contributed by atoms with van der Waals surface area (Å²) in [6, 6.07) is 15.5. The molecule has 25 heavy (non-hydrogen) atoms. The Labute approximate surface area is 153 Å². The van der Waals surface area contributed by atoms with Gasteiger partial charge in [-0.1, -0.05) is 15.9 Å². The molecule has 3 aromatic rings. The van der Waals surface area contributed by atoms with Gasteiger partial charge in [0.25, 0.3) is 0 Å². The molecule has 1 aliphatic rings. The predicted molar refractivity (Wildman–Crippen MR) is 100 cm³/mol. The van der Waals surface area contributed by atoms with Crippen LogP contribution in [0.1, 0.15) is 5.82 Å². The number of nitrogens with zero attached hydrogens (tertiary/aromatic N) is 2. The number of hydrogen-bond donors (Lipinski definition) is 2. The lowest BCUT2D eigenvalue weighted by Gasteiger charge is -2.11. The molecular weight excluding hydrogens is 384 g/mol. The van der Waals surface area contributed by atoms with Crippen LogP contribution < -0.4 is 20.1 Å².